The van der Waals surface area contributed by atoms with E-state index in [0.717, 1.165) is 11.1 Å². The molecule has 4 heteroatoms. The molecule has 2 aromatic rings. The minimum absolute atomic E-state index is 0.201. The molecule has 1 aromatic heterocycles. The number of H-pyrrole nitrogens is 1. The van der Waals surface area contributed by atoms with E-state index < -0.39 is 0 Å². The predicted molar refractivity (Wildman–Crippen MR) is 61.9 cm³/mol. The highest BCUT2D eigenvalue weighted by Crippen LogP contribution is 2.22. The molecule has 0 spiro atoms. The number of nitrogens with one attached hydrogen (secondary N) is 1. The lowest BCUT2D eigenvalue weighted by molar-refractivity contribution is 1.25. The standard InChI is InChI=1S/C11H9ClN2O/c12-9-3-1-2-7(4-9)8-5-10(13)11(15)14-6-8/h1-6H,13H2,(H,14,15). The number of nitrogens with two attached hydrogens (primary N) is 1. The summed E-state index contributed by atoms with van der Waals surface area (Å²) in [5, 5.41) is 0.650. The second kappa shape index (κ2) is 3.79. The average molecular weight is 221 g/mol. The second-order valence-electron chi connectivity index (χ2n) is 3.18. The van der Waals surface area contributed by atoms with Gasteiger partial charge in [0, 0.05) is 16.8 Å². The summed E-state index contributed by atoms with van der Waals surface area (Å²) in [4.78, 5) is 13.6. The fraction of sp³-hybridized carbons (Fsp3) is 0. The minimum atomic E-state index is -0.277. The van der Waals surface area contributed by atoms with Crippen LogP contribution in [0.4, 0.5) is 5.69 Å². The van der Waals surface area contributed by atoms with Crippen molar-refractivity contribution in [3.05, 3.63) is 51.9 Å². The lowest BCUT2D eigenvalue weighted by Crippen LogP contribution is -2.10. The number of hydrogen-bond acceptors (Lipinski definition) is 2. The molecule has 0 atom stereocenters. The van der Waals surface area contributed by atoms with Crippen molar-refractivity contribution in [1.82, 2.24) is 4.98 Å². The van der Waals surface area contributed by atoms with E-state index in [0.29, 0.717) is 5.02 Å². The molecule has 0 aliphatic rings. The molecule has 15 heavy (non-hydrogen) atoms. The van der Waals surface area contributed by atoms with Crippen molar-refractivity contribution in [3.63, 3.8) is 0 Å². The number of hydrogen-bond donors (Lipinski definition) is 2. The number of halogens is 1. The maximum Gasteiger partial charge on any atom is 0.271 e. The Labute approximate surface area is 91.5 Å². The Hall–Kier alpha value is -1.74. The van der Waals surface area contributed by atoms with Crippen molar-refractivity contribution in [2.24, 2.45) is 0 Å². The van der Waals surface area contributed by atoms with Gasteiger partial charge >= 0.3 is 0 Å². The van der Waals surface area contributed by atoms with E-state index in [1.54, 1.807) is 18.3 Å². The van der Waals surface area contributed by atoms with Crippen molar-refractivity contribution in [1.29, 1.82) is 0 Å². The van der Waals surface area contributed by atoms with Crippen molar-refractivity contribution < 1.29 is 0 Å². The Bertz CT molecular complexity index is 548. The average Bonchev–Trinajstić information content (AvgIpc) is 2.22. The molecule has 3 N–H and O–H groups in total. The first-order valence-electron chi connectivity index (χ1n) is 4.41. The molecule has 76 valence electrons. The summed E-state index contributed by atoms with van der Waals surface area (Å²) in [6, 6.07) is 8.98. The summed E-state index contributed by atoms with van der Waals surface area (Å²) < 4.78 is 0. The van der Waals surface area contributed by atoms with Gasteiger partial charge in [0.2, 0.25) is 0 Å². The maximum atomic E-state index is 11.1. The van der Waals surface area contributed by atoms with Crippen LogP contribution < -0.4 is 11.3 Å². The van der Waals surface area contributed by atoms with Crippen LogP contribution in [0.3, 0.4) is 0 Å². The highest BCUT2D eigenvalue weighted by Gasteiger charge is 2.00. The Balaban J connectivity index is 2.55. The molecule has 0 saturated heterocycles. The van der Waals surface area contributed by atoms with E-state index in [1.807, 2.05) is 18.2 Å². The predicted octanol–water partition coefficient (Wildman–Crippen LogP) is 2.28. The first-order chi connectivity index (χ1) is 7.16. The van der Waals surface area contributed by atoms with E-state index in [9.17, 15) is 4.79 Å². The third-order valence-corrected chi connectivity index (χ3v) is 2.33. The Morgan fingerprint density at radius 1 is 1.20 bits per heavy atom. The van der Waals surface area contributed by atoms with Gasteiger partial charge in [-0.1, -0.05) is 23.7 Å². The van der Waals surface area contributed by atoms with E-state index in [1.165, 1.54) is 0 Å². The topological polar surface area (TPSA) is 58.9 Å². The van der Waals surface area contributed by atoms with Gasteiger partial charge in [0.15, 0.2) is 0 Å². The molecular formula is C11H9ClN2O. The van der Waals surface area contributed by atoms with E-state index >= 15 is 0 Å². The molecular weight excluding hydrogens is 212 g/mol. The Morgan fingerprint density at radius 2 is 2.00 bits per heavy atom. The number of rotatable bonds is 1. The molecule has 0 radical (unpaired) electrons. The van der Waals surface area contributed by atoms with Crippen molar-refractivity contribution >= 4 is 17.3 Å². The first kappa shape index (κ1) is 9.80. The molecule has 0 unspecified atom stereocenters. The SMILES string of the molecule is Nc1cc(-c2cccc(Cl)c2)c[nH]c1=O. The Morgan fingerprint density at radius 3 is 2.67 bits per heavy atom. The molecule has 0 amide bonds. The van der Waals surface area contributed by atoms with Crippen molar-refractivity contribution in [3.8, 4) is 11.1 Å². The fourth-order valence-electron chi connectivity index (χ4n) is 1.34. The number of aromatic amines is 1. The summed E-state index contributed by atoms with van der Waals surface area (Å²) >= 11 is 5.86. The molecule has 1 aromatic carbocycles. The van der Waals surface area contributed by atoms with E-state index in [-0.39, 0.29) is 11.2 Å². The molecule has 1 heterocycles. The lowest BCUT2D eigenvalue weighted by atomic mass is 10.1. The molecule has 0 aliphatic heterocycles. The summed E-state index contributed by atoms with van der Waals surface area (Å²) in [7, 11) is 0. The van der Waals surface area contributed by atoms with E-state index in [4.69, 9.17) is 17.3 Å². The molecule has 0 aliphatic carbocycles. The number of anilines is 1. The molecule has 2 rings (SSSR count). The highest BCUT2D eigenvalue weighted by atomic mass is 35.5. The molecule has 3 nitrogen and oxygen atoms in total. The van der Waals surface area contributed by atoms with Gasteiger partial charge in [-0.2, -0.15) is 0 Å². The Kier molecular flexibility index (Phi) is 2.47. The number of benzene rings is 1. The van der Waals surface area contributed by atoms with Crippen LogP contribution in [0.2, 0.25) is 5.02 Å². The zero-order chi connectivity index (χ0) is 10.8. The van der Waals surface area contributed by atoms with Gasteiger partial charge in [-0.15, -0.1) is 0 Å². The van der Waals surface area contributed by atoms with Crippen LogP contribution in [0.5, 0.6) is 0 Å². The van der Waals surface area contributed by atoms with Crippen LogP contribution in [-0.4, -0.2) is 4.98 Å². The van der Waals surface area contributed by atoms with Crippen molar-refractivity contribution in [2.45, 2.75) is 0 Å². The second-order valence-corrected chi connectivity index (χ2v) is 3.62. The van der Waals surface area contributed by atoms with Gasteiger partial charge in [-0.25, -0.2) is 0 Å². The third-order valence-electron chi connectivity index (χ3n) is 2.09. The molecule has 0 fully saturated rings. The summed E-state index contributed by atoms with van der Waals surface area (Å²) in [5.41, 5.74) is 7.21. The number of pyridine rings is 1. The minimum Gasteiger partial charge on any atom is -0.394 e. The quantitative estimate of drug-likeness (QED) is 0.775. The maximum absolute atomic E-state index is 11.1. The van der Waals surface area contributed by atoms with Gasteiger partial charge < -0.3 is 10.7 Å². The first-order valence-corrected chi connectivity index (χ1v) is 4.79. The van der Waals surface area contributed by atoms with Gasteiger partial charge in [0.05, 0.1) is 5.69 Å². The van der Waals surface area contributed by atoms with Crippen LogP contribution in [0.15, 0.2) is 41.3 Å². The lowest BCUT2D eigenvalue weighted by Gasteiger charge is -2.02. The van der Waals surface area contributed by atoms with Crippen LogP contribution in [0, 0.1) is 0 Å². The van der Waals surface area contributed by atoms with Gasteiger partial charge in [-0.3, -0.25) is 4.79 Å². The molecule has 0 bridgehead atoms. The van der Waals surface area contributed by atoms with Gasteiger partial charge in [-0.05, 0) is 23.8 Å². The zero-order valence-corrected chi connectivity index (χ0v) is 8.58. The number of aromatic nitrogens is 1. The zero-order valence-electron chi connectivity index (χ0n) is 7.83. The third kappa shape index (κ3) is 2.02. The van der Waals surface area contributed by atoms with Crippen LogP contribution >= 0.6 is 11.6 Å². The van der Waals surface area contributed by atoms with Crippen LogP contribution in [-0.2, 0) is 0 Å². The van der Waals surface area contributed by atoms with Crippen LogP contribution in [0.25, 0.3) is 11.1 Å². The normalized spacial score (nSPS) is 10.2. The smallest absolute Gasteiger partial charge is 0.271 e. The summed E-state index contributed by atoms with van der Waals surface area (Å²) in [6.45, 7) is 0. The van der Waals surface area contributed by atoms with E-state index in [2.05, 4.69) is 4.98 Å². The van der Waals surface area contributed by atoms with Crippen LogP contribution in [0.1, 0.15) is 0 Å². The van der Waals surface area contributed by atoms with Crippen molar-refractivity contribution in [2.75, 3.05) is 5.73 Å². The van der Waals surface area contributed by atoms with Gasteiger partial charge in [0.25, 0.3) is 5.56 Å². The van der Waals surface area contributed by atoms with Gasteiger partial charge in [0.1, 0.15) is 0 Å². The highest BCUT2D eigenvalue weighted by molar-refractivity contribution is 6.30. The summed E-state index contributed by atoms with van der Waals surface area (Å²) in [6.07, 6.45) is 1.62. The fourth-order valence-corrected chi connectivity index (χ4v) is 1.53. The largest absolute Gasteiger partial charge is 0.394 e. The molecule has 0 saturated carbocycles. The monoisotopic (exact) mass is 220 g/mol. The number of nitrogen functional groups attached to an aromatic ring is 1. The summed E-state index contributed by atoms with van der Waals surface area (Å²) in [5.74, 6) is 0.